The minimum absolute atomic E-state index is 0.0819. The number of ether oxygens (including phenoxy) is 1. The van der Waals surface area contributed by atoms with Crippen molar-refractivity contribution in [3.8, 4) is 5.75 Å². The Bertz CT molecular complexity index is 458. The Hall–Kier alpha value is -1.17. The van der Waals surface area contributed by atoms with Gasteiger partial charge in [0.05, 0.1) is 7.11 Å². The minimum Gasteiger partial charge on any atom is -0.497 e. The smallest absolute Gasteiger partial charge is 0.227 e. The van der Waals surface area contributed by atoms with E-state index in [4.69, 9.17) is 4.74 Å². The standard InChI is InChI=1S/C12H12BrF2NO2/c1-18-8-3-9(14)12(10(15)4-8)16-6-7(5-13)2-11(16)17/h3-4,7H,2,5-6H2,1H3. The number of carbonyl (C=O) groups is 1. The highest BCUT2D eigenvalue weighted by Crippen LogP contribution is 2.32. The van der Waals surface area contributed by atoms with Crippen LogP contribution in [0.1, 0.15) is 6.42 Å². The van der Waals surface area contributed by atoms with E-state index in [0.29, 0.717) is 18.3 Å². The largest absolute Gasteiger partial charge is 0.497 e. The van der Waals surface area contributed by atoms with Crippen LogP contribution in [0.25, 0.3) is 0 Å². The highest BCUT2D eigenvalue weighted by Gasteiger charge is 2.33. The fourth-order valence-electron chi connectivity index (χ4n) is 2.02. The van der Waals surface area contributed by atoms with Crippen molar-refractivity contribution in [3.63, 3.8) is 0 Å². The quantitative estimate of drug-likeness (QED) is 0.802. The van der Waals surface area contributed by atoms with E-state index in [1.54, 1.807) is 0 Å². The molecule has 0 N–H and O–H groups in total. The van der Waals surface area contributed by atoms with Gasteiger partial charge in [-0.3, -0.25) is 4.79 Å². The Kier molecular flexibility index (Phi) is 3.85. The SMILES string of the molecule is COc1cc(F)c(N2CC(CBr)CC2=O)c(F)c1. The molecule has 0 radical (unpaired) electrons. The normalized spacial score (nSPS) is 19.4. The predicted octanol–water partition coefficient (Wildman–Crippen LogP) is 2.72. The lowest BCUT2D eigenvalue weighted by molar-refractivity contribution is -0.117. The third kappa shape index (κ3) is 2.34. The van der Waals surface area contributed by atoms with Crippen molar-refractivity contribution in [2.75, 3.05) is 23.9 Å². The first-order chi connectivity index (χ1) is 8.56. The highest BCUT2D eigenvalue weighted by molar-refractivity contribution is 9.09. The second kappa shape index (κ2) is 5.22. The van der Waals surface area contributed by atoms with Crippen LogP contribution in [-0.4, -0.2) is 24.9 Å². The fraction of sp³-hybridized carbons (Fsp3) is 0.417. The van der Waals surface area contributed by atoms with E-state index in [1.807, 2.05) is 0 Å². The molecule has 0 saturated carbocycles. The number of halogens is 3. The molecule has 0 spiro atoms. The van der Waals surface area contributed by atoms with Gasteiger partial charge in [-0.05, 0) is 5.92 Å². The summed E-state index contributed by atoms with van der Waals surface area (Å²) in [5.74, 6) is -1.65. The lowest BCUT2D eigenvalue weighted by atomic mass is 10.2. The van der Waals surface area contributed by atoms with E-state index in [-0.39, 0.29) is 23.3 Å². The zero-order valence-electron chi connectivity index (χ0n) is 9.75. The summed E-state index contributed by atoms with van der Waals surface area (Å²) in [5.41, 5.74) is -0.288. The number of amides is 1. The topological polar surface area (TPSA) is 29.5 Å². The van der Waals surface area contributed by atoms with Crippen molar-refractivity contribution in [2.24, 2.45) is 5.92 Å². The molecule has 1 unspecified atom stereocenters. The van der Waals surface area contributed by atoms with E-state index in [9.17, 15) is 13.6 Å². The molecule has 1 saturated heterocycles. The lowest BCUT2D eigenvalue weighted by Crippen LogP contribution is -2.26. The molecular weight excluding hydrogens is 308 g/mol. The third-order valence-electron chi connectivity index (χ3n) is 2.92. The Balaban J connectivity index is 2.37. The lowest BCUT2D eigenvalue weighted by Gasteiger charge is -2.18. The van der Waals surface area contributed by atoms with Gasteiger partial charge in [0.25, 0.3) is 0 Å². The molecule has 3 nitrogen and oxygen atoms in total. The van der Waals surface area contributed by atoms with Crippen LogP contribution in [0.15, 0.2) is 12.1 Å². The average molecular weight is 320 g/mol. The molecule has 1 fully saturated rings. The number of anilines is 1. The molecule has 1 amide bonds. The monoisotopic (exact) mass is 319 g/mol. The summed E-state index contributed by atoms with van der Waals surface area (Å²) in [5, 5.41) is 0.634. The number of hydrogen-bond donors (Lipinski definition) is 0. The number of hydrogen-bond acceptors (Lipinski definition) is 2. The number of nitrogens with zero attached hydrogens (tertiary/aromatic N) is 1. The third-order valence-corrected chi connectivity index (χ3v) is 3.84. The summed E-state index contributed by atoms with van der Waals surface area (Å²) < 4.78 is 32.4. The van der Waals surface area contributed by atoms with E-state index < -0.39 is 11.6 Å². The summed E-state index contributed by atoms with van der Waals surface area (Å²) in [7, 11) is 1.33. The Morgan fingerprint density at radius 3 is 2.50 bits per heavy atom. The molecule has 1 atom stereocenters. The van der Waals surface area contributed by atoms with Crippen molar-refractivity contribution in [1.82, 2.24) is 0 Å². The van der Waals surface area contributed by atoms with Gasteiger partial charge in [0.1, 0.15) is 11.4 Å². The van der Waals surface area contributed by atoms with Gasteiger partial charge in [0, 0.05) is 30.4 Å². The Labute approximate surface area is 112 Å². The molecule has 18 heavy (non-hydrogen) atoms. The van der Waals surface area contributed by atoms with Crippen molar-refractivity contribution in [3.05, 3.63) is 23.8 Å². The van der Waals surface area contributed by atoms with Crippen molar-refractivity contribution < 1.29 is 18.3 Å². The summed E-state index contributed by atoms with van der Waals surface area (Å²) in [6.07, 6.45) is 0.302. The zero-order chi connectivity index (χ0) is 13.3. The van der Waals surface area contributed by atoms with Crippen molar-refractivity contribution in [2.45, 2.75) is 6.42 Å². The van der Waals surface area contributed by atoms with Crippen LogP contribution >= 0.6 is 15.9 Å². The molecule has 2 rings (SSSR count). The van der Waals surface area contributed by atoms with Gasteiger partial charge in [-0.25, -0.2) is 8.78 Å². The van der Waals surface area contributed by atoms with Gasteiger partial charge in [-0.2, -0.15) is 0 Å². The van der Waals surface area contributed by atoms with Gasteiger partial charge in [0.15, 0.2) is 11.6 Å². The van der Waals surface area contributed by atoms with Crippen molar-refractivity contribution >= 4 is 27.5 Å². The molecule has 6 heteroatoms. The predicted molar refractivity (Wildman–Crippen MR) is 67.2 cm³/mol. The number of benzene rings is 1. The summed E-state index contributed by atoms with van der Waals surface area (Å²) in [4.78, 5) is 12.9. The maximum absolute atomic E-state index is 13.8. The Morgan fingerprint density at radius 2 is 2.06 bits per heavy atom. The summed E-state index contributed by atoms with van der Waals surface area (Å²) >= 11 is 3.28. The number of rotatable bonds is 3. The number of carbonyl (C=O) groups excluding carboxylic acids is 1. The maximum Gasteiger partial charge on any atom is 0.227 e. The molecule has 1 aromatic carbocycles. The van der Waals surface area contributed by atoms with Crippen molar-refractivity contribution in [1.29, 1.82) is 0 Å². The van der Waals surface area contributed by atoms with Gasteiger partial charge in [0.2, 0.25) is 5.91 Å². The van der Waals surface area contributed by atoms with E-state index in [1.165, 1.54) is 7.11 Å². The van der Waals surface area contributed by atoms with Crippen LogP contribution < -0.4 is 9.64 Å². The molecule has 1 aromatic rings. The minimum atomic E-state index is -0.782. The highest BCUT2D eigenvalue weighted by atomic mass is 79.9. The Morgan fingerprint density at radius 1 is 1.44 bits per heavy atom. The van der Waals surface area contributed by atoms with E-state index >= 15 is 0 Å². The van der Waals surface area contributed by atoms with Crippen LogP contribution in [-0.2, 0) is 4.79 Å². The first-order valence-corrected chi connectivity index (χ1v) is 6.58. The summed E-state index contributed by atoms with van der Waals surface area (Å²) in [6.45, 7) is 0.324. The molecular formula is C12H12BrF2NO2. The van der Waals surface area contributed by atoms with Gasteiger partial charge >= 0.3 is 0 Å². The summed E-state index contributed by atoms with van der Waals surface area (Å²) in [6, 6.07) is 2.15. The van der Waals surface area contributed by atoms with Gasteiger partial charge in [-0.15, -0.1) is 0 Å². The second-order valence-electron chi connectivity index (χ2n) is 4.17. The van der Waals surface area contributed by atoms with Gasteiger partial charge in [-0.1, -0.05) is 15.9 Å². The van der Waals surface area contributed by atoms with Crippen LogP contribution in [0.4, 0.5) is 14.5 Å². The van der Waals surface area contributed by atoms with Crippen LogP contribution in [0, 0.1) is 17.6 Å². The molecule has 0 aliphatic carbocycles. The van der Waals surface area contributed by atoms with Gasteiger partial charge < -0.3 is 9.64 Å². The molecule has 1 heterocycles. The average Bonchev–Trinajstić information content (AvgIpc) is 2.70. The van der Waals surface area contributed by atoms with E-state index in [0.717, 1.165) is 17.0 Å². The second-order valence-corrected chi connectivity index (χ2v) is 4.82. The molecule has 1 aliphatic rings. The molecule has 0 aromatic heterocycles. The van der Waals surface area contributed by atoms with E-state index in [2.05, 4.69) is 15.9 Å². The molecule has 98 valence electrons. The zero-order valence-corrected chi connectivity index (χ0v) is 11.3. The van der Waals surface area contributed by atoms with Crippen LogP contribution in [0.2, 0.25) is 0 Å². The molecule has 0 bridgehead atoms. The van der Waals surface area contributed by atoms with Crippen LogP contribution in [0.5, 0.6) is 5.75 Å². The van der Waals surface area contributed by atoms with Crippen LogP contribution in [0.3, 0.4) is 0 Å². The number of methoxy groups -OCH3 is 1. The first kappa shape index (κ1) is 13.3. The maximum atomic E-state index is 13.8. The number of alkyl halides is 1. The first-order valence-electron chi connectivity index (χ1n) is 5.46. The fourth-order valence-corrected chi connectivity index (χ4v) is 2.45. The molecule has 1 aliphatic heterocycles.